The highest BCUT2D eigenvalue weighted by Crippen LogP contribution is 2.30. The van der Waals surface area contributed by atoms with E-state index in [1.165, 1.54) is 4.90 Å². The molecule has 5 nitrogen and oxygen atoms in total. The Morgan fingerprint density at radius 3 is 3.11 bits per heavy atom. The third-order valence-corrected chi connectivity index (χ3v) is 4.42. The van der Waals surface area contributed by atoms with Crippen LogP contribution in [0.5, 0.6) is 0 Å². The van der Waals surface area contributed by atoms with Crippen LogP contribution in [0, 0.1) is 11.3 Å². The van der Waals surface area contributed by atoms with E-state index in [2.05, 4.69) is 11.1 Å². The number of likely N-dealkylation sites (tertiary alicyclic amines) is 1. The van der Waals surface area contributed by atoms with Gasteiger partial charge in [-0.15, -0.1) is 11.8 Å². The summed E-state index contributed by atoms with van der Waals surface area (Å²) in [4.78, 5) is 16.8. The van der Waals surface area contributed by atoms with Crippen molar-refractivity contribution >= 4 is 17.9 Å². The molecule has 1 amide bonds. The molecule has 1 N–H and O–H groups in total. The summed E-state index contributed by atoms with van der Waals surface area (Å²) in [7, 11) is 0. The number of thioether (sulfide) groups is 1. The molecule has 19 heavy (non-hydrogen) atoms. The Kier molecular flexibility index (Phi) is 4.27. The van der Waals surface area contributed by atoms with Crippen LogP contribution < -0.4 is 0 Å². The number of hydrogen-bond donors (Lipinski definition) is 1. The second-order valence-electron chi connectivity index (χ2n) is 4.60. The minimum atomic E-state index is -0.864. The Hall–Kier alpha value is -1.74. The highest BCUT2D eigenvalue weighted by atomic mass is 32.2. The van der Waals surface area contributed by atoms with Gasteiger partial charge in [-0.3, -0.25) is 0 Å². The van der Waals surface area contributed by atoms with Crippen molar-refractivity contribution in [2.45, 2.75) is 36.1 Å². The Morgan fingerprint density at radius 1 is 1.63 bits per heavy atom. The SMILES string of the molecule is CC1CCC(Sc2cc(C#N)ccn2)CN1C(=O)O. The van der Waals surface area contributed by atoms with Crippen LogP contribution >= 0.6 is 11.8 Å². The minimum absolute atomic E-state index is 0.0766. The van der Waals surface area contributed by atoms with E-state index < -0.39 is 6.09 Å². The summed E-state index contributed by atoms with van der Waals surface area (Å²) in [6, 6.07) is 5.56. The van der Waals surface area contributed by atoms with Gasteiger partial charge in [0.2, 0.25) is 0 Å². The number of piperidine rings is 1. The molecule has 0 spiro atoms. The van der Waals surface area contributed by atoms with Crippen LogP contribution in [0.15, 0.2) is 23.4 Å². The van der Waals surface area contributed by atoms with Crippen LogP contribution in [-0.4, -0.2) is 38.9 Å². The van der Waals surface area contributed by atoms with Crippen LogP contribution in [0.25, 0.3) is 0 Å². The molecule has 2 unspecified atom stereocenters. The average Bonchev–Trinajstić information content (AvgIpc) is 2.41. The Bertz CT molecular complexity index is 515. The highest BCUT2D eigenvalue weighted by Gasteiger charge is 2.29. The Morgan fingerprint density at radius 2 is 2.42 bits per heavy atom. The summed E-state index contributed by atoms with van der Waals surface area (Å²) in [5, 5.41) is 19.0. The quantitative estimate of drug-likeness (QED) is 0.899. The molecule has 6 heteroatoms. The predicted molar refractivity (Wildman–Crippen MR) is 72.0 cm³/mol. The molecule has 2 atom stereocenters. The lowest BCUT2D eigenvalue weighted by atomic mass is 10.0. The molecule has 1 aromatic rings. The van der Waals surface area contributed by atoms with Gasteiger partial charge < -0.3 is 10.0 Å². The predicted octanol–water partition coefficient (Wildman–Crippen LogP) is 2.58. The standard InChI is InChI=1S/C13H15N3O2S/c1-9-2-3-11(8-16(9)13(17)18)19-12-6-10(7-14)4-5-15-12/h4-6,9,11H,2-3,8H2,1H3,(H,17,18). The molecule has 1 fully saturated rings. The van der Waals surface area contributed by atoms with E-state index >= 15 is 0 Å². The summed E-state index contributed by atoms with van der Waals surface area (Å²) in [6.07, 6.45) is 2.58. The zero-order chi connectivity index (χ0) is 13.8. The number of hydrogen-bond acceptors (Lipinski definition) is 4. The van der Waals surface area contributed by atoms with Crippen molar-refractivity contribution in [2.24, 2.45) is 0 Å². The van der Waals surface area contributed by atoms with Gasteiger partial charge in [-0.2, -0.15) is 5.26 Å². The van der Waals surface area contributed by atoms with Gasteiger partial charge in [0.25, 0.3) is 0 Å². The molecular formula is C13H15N3O2S. The number of nitrogens with zero attached hydrogens (tertiary/aromatic N) is 3. The van der Waals surface area contributed by atoms with Gasteiger partial charge in [-0.25, -0.2) is 9.78 Å². The summed E-state index contributed by atoms with van der Waals surface area (Å²) in [5.41, 5.74) is 0.580. The molecule has 1 aromatic heterocycles. The maximum atomic E-state index is 11.1. The maximum absolute atomic E-state index is 11.1. The smallest absolute Gasteiger partial charge is 0.407 e. The zero-order valence-electron chi connectivity index (χ0n) is 10.6. The van der Waals surface area contributed by atoms with Gasteiger partial charge in [0.15, 0.2) is 0 Å². The molecule has 0 radical (unpaired) electrons. The Balaban J connectivity index is 2.03. The van der Waals surface area contributed by atoms with Crippen molar-refractivity contribution < 1.29 is 9.90 Å². The molecule has 1 aliphatic rings. The number of nitriles is 1. The van der Waals surface area contributed by atoms with Gasteiger partial charge in [-0.05, 0) is 31.9 Å². The van der Waals surface area contributed by atoms with Crippen molar-refractivity contribution in [3.05, 3.63) is 23.9 Å². The maximum Gasteiger partial charge on any atom is 0.407 e. The van der Waals surface area contributed by atoms with E-state index in [1.807, 2.05) is 6.92 Å². The first-order chi connectivity index (χ1) is 9.10. The van der Waals surface area contributed by atoms with E-state index in [4.69, 9.17) is 10.4 Å². The molecule has 2 heterocycles. The second-order valence-corrected chi connectivity index (χ2v) is 5.92. The molecule has 0 bridgehead atoms. The molecule has 0 saturated carbocycles. The van der Waals surface area contributed by atoms with E-state index in [0.29, 0.717) is 12.1 Å². The van der Waals surface area contributed by atoms with Crippen molar-refractivity contribution in [1.29, 1.82) is 5.26 Å². The fourth-order valence-electron chi connectivity index (χ4n) is 2.15. The lowest BCUT2D eigenvalue weighted by Gasteiger charge is -2.35. The number of aromatic nitrogens is 1. The van der Waals surface area contributed by atoms with E-state index in [1.54, 1.807) is 30.1 Å². The topological polar surface area (TPSA) is 77.2 Å². The molecule has 1 aliphatic heterocycles. The molecule has 2 rings (SSSR count). The van der Waals surface area contributed by atoms with Crippen molar-refractivity contribution in [3.63, 3.8) is 0 Å². The van der Waals surface area contributed by atoms with Gasteiger partial charge >= 0.3 is 6.09 Å². The molecular weight excluding hydrogens is 262 g/mol. The van der Waals surface area contributed by atoms with Gasteiger partial charge in [0.05, 0.1) is 16.7 Å². The fourth-order valence-corrected chi connectivity index (χ4v) is 3.30. The second kappa shape index (κ2) is 5.93. The number of amides is 1. The summed E-state index contributed by atoms with van der Waals surface area (Å²) in [5.74, 6) is 0. The van der Waals surface area contributed by atoms with Crippen molar-refractivity contribution in [2.75, 3.05) is 6.54 Å². The Labute approximate surface area is 116 Å². The normalized spacial score (nSPS) is 22.8. The first-order valence-corrected chi connectivity index (χ1v) is 7.00. The molecule has 1 saturated heterocycles. The number of carboxylic acid groups (broad SMARTS) is 1. The van der Waals surface area contributed by atoms with Crippen LogP contribution in [0.1, 0.15) is 25.3 Å². The first kappa shape index (κ1) is 13.7. The molecule has 0 aliphatic carbocycles. The minimum Gasteiger partial charge on any atom is -0.465 e. The van der Waals surface area contributed by atoms with E-state index in [9.17, 15) is 4.79 Å². The lowest BCUT2D eigenvalue weighted by Crippen LogP contribution is -2.45. The summed E-state index contributed by atoms with van der Waals surface area (Å²) >= 11 is 1.55. The monoisotopic (exact) mass is 277 g/mol. The third kappa shape index (κ3) is 3.38. The van der Waals surface area contributed by atoms with Crippen molar-refractivity contribution in [3.8, 4) is 6.07 Å². The van der Waals surface area contributed by atoms with Crippen LogP contribution in [0.2, 0.25) is 0 Å². The molecule has 0 aromatic carbocycles. The largest absolute Gasteiger partial charge is 0.465 e. The number of carbonyl (C=O) groups is 1. The van der Waals surface area contributed by atoms with Gasteiger partial charge in [0.1, 0.15) is 0 Å². The van der Waals surface area contributed by atoms with Crippen molar-refractivity contribution in [1.82, 2.24) is 9.88 Å². The summed E-state index contributed by atoms with van der Waals surface area (Å²) < 4.78 is 0. The van der Waals surface area contributed by atoms with E-state index in [0.717, 1.165) is 17.9 Å². The number of rotatable bonds is 2. The van der Waals surface area contributed by atoms with Crippen LogP contribution in [-0.2, 0) is 0 Å². The van der Waals surface area contributed by atoms with Crippen LogP contribution in [0.3, 0.4) is 0 Å². The number of pyridine rings is 1. The summed E-state index contributed by atoms with van der Waals surface area (Å²) in [6.45, 7) is 2.45. The average molecular weight is 277 g/mol. The lowest BCUT2D eigenvalue weighted by molar-refractivity contribution is 0.114. The first-order valence-electron chi connectivity index (χ1n) is 6.12. The highest BCUT2D eigenvalue weighted by molar-refractivity contribution is 7.99. The van der Waals surface area contributed by atoms with Crippen LogP contribution in [0.4, 0.5) is 4.79 Å². The molecule has 100 valence electrons. The zero-order valence-corrected chi connectivity index (χ0v) is 11.4. The fraction of sp³-hybridized carbons (Fsp3) is 0.462. The van der Waals surface area contributed by atoms with Gasteiger partial charge in [-0.1, -0.05) is 0 Å². The van der Waals surface area contributed by atoms with E-state index in [-0.39, 0.29) is 11.3 Å². The van der Waals surface area contributed by atoms with Gasteiger partial charge in [0, 0.05) is 24.0 Å². The third-order valence-electron chi connectivity index (χ3n) is 3.24.